The van der Waals surface area contributed by atoms with Crippen molar-refractivity contribution in [1.82, 2.24) is 0 Å². The van der Waals surface area contributed by atoms with E-state index in [1.54, 1.807) is 18.2 Å². The minimum atomic E-state index is -0.523. The number of fused-ring (bicyclic) bond motifs is 2. The minimum Gasteiger partial charge on any atom is -0.456 e. The smallest absolute Gasteiger partial charge is 0.285 e. The van der Waals surface area contributed by atoms with Crippen molar-refractivity contribution in [1.29, 1.82) is 0 Å². The fourth-order valence-corrected chi connectivity index (χ4v) is 3.80. The van der Waals surface area contributed by atoms with Gasteiger partial charge in [-0.15, -0.1) is 0 Å². The van der Waals surface area contributed by atoms with Crippen LogP contribution in [0.3, 0.4) is 0 Å². The highest BCUT2D eigenvalue weighted by molar-refractivity contribution is 7.99. The zero-order valence-electron chi connectivity index (χ0n) is 13.5. The van der Waals surface area contributed by atoms with Crippen molar-refractivity contribution in [2.45, 2.75) is 16.2 Å². The minimum absolute atomic E-state index is 0.0311. The third-order valence-electron chi connectivity index (χ3n) is 4.05. The van der Waals surface area contributed by atoms with Crippen LogP contribution in [0.4, 0.5) is 5.69 Å². The molecule has 128 valence electrons. The number of carbonyl (C=O) groups is 1. The molecule has 1 aliphatic heterocycles. The van der Waals surface area contributed by atoms with Crippen LogP contribution < -0.4 is 4.74 Å². The van der Waals surface area contributed by atoms with Gasteiger partial charge in [-0.2, -0.15) is 0 Å². The molecule has 26 heavy (non-hydrogen) atoms. The van der Waals surface area contributed by atoms with Crippen LogP contribution >= 0.6 is 11.8 Å². The van der Waals surface area contributed by atoms with Crippen molar-refractivity contribution in [2.24, 2.45) is 0 Å². The first kappa shape index (κ1) is 16.4. The highest BCUT2D eigenvalue weighted by Crippen LogP contribution is 2.42. The number of hydrogen-bond acceptors (Lipinski definition) is 5. The van der Waals surface area contributed by atoms with Gasteiger partial charge in [0.1, 0.15) is 17.1 Å². The van der Waals surface area contributed by atoms with Gasteiger partial charge in [0.15, 0.2) is 5.78 Å². The van der Waals surface area contributed by atoms with Crippen molar-refractivity contribution >= 4 is 23.2 Å². The molecule has 5 nitrogen and oxygen atoms in total. The number of para-hydroxylation sites is 1. The SMILES string of the molecule is O=C1Cc2ccccc2Oc2cc(Sc3ccccc3)cc([N+](=O)[O-])c21. The summed E-state index contributed by atoms with van der Waals surface area (Å²) < 4.78 is 5.90. The van der Waals surface area contributed by atoms with Crippen LogP contribution in [0.5, 0.6) is 11.5 Å². The van der Waals surface area contributed by atoms with E-state index in [0.29, 0.717) is 10.6 Å². The molecule has 0 N–H and O–H groups in total. The van der Waals surface area contributed by atoms with Crippen LogP contribution in [0.15, 0.2) is 76.5 Å². The molecule has 0 saturated carbocycles. The Kier molecular flexibility index (Phi) is 4.18. The molecule has 3 aromatic carbocycles. The lowest BCUT2D eigenvalue weighted by molar-refractivity contribution is -0.385. The number of benzene rings is 3. The maximum Gasteiger partial charge on any atom is 0.285 e. The van der Waals surface area contributed by atoms with Crippen molar-refractivity contribution in [2.75, 3.05) is 0 Å². The van der Waals surface area contributed by atoms with E-state index >= 15 is 0 Å². The van der Waals surface area contributed by atoms with Crippen molar-refractivity contribution in [3.8, 4) is 11.5 Å². The lowest BCUT2D eigenvalue weighted by Crippen LogP contribution is -2.06. The van der Waals surface area contributed by atoms with Gasteiger partial charge in [-0.1, -0.05) is 48.2 Å². The predicted octanol–water partition coefficient (Wildman–Crippen LogP) is 5.28. The third kappa shape index (κ3) is 3.07. The van der Waals surface area contributed by atoms with Crippen LogP contribution in [0.25, 0.3) is 0 Å². The van der Waals surface area contributed by atoms with Crippen LogP contribution in [-0.2, 0) is 6.42 Å². The molecule has 0 aliphatic carbocycles. The van der Waals surface area contributed by atoms with E-state index in [1.807, 2.05) is 42.5 Å². The topological polar surface area (TPSA) is 69.4 Å². The number of Topliss-reactive ketones (excluding diaryl/α,β-unsaturated/α-hetero) is 1. The molecule has 0 bridgehead atoms. The standard InChI is InChI=1S/C20H13NO4S/c22-17-10-13-6-4-5-9-18(13)25-19-12-15(11-16(20(17)19)21(23)24)26-14-7-2-1-3-8-14/h1-9,11-12H,10H2. The monoisotopic (exact) mass is 363 g/mol. The summed E-state index contributed by atoms with van der Waals surface area (Å²) in [6.45, 7) is 0. The lowest BCUT2D eigenvalue weighted by Gasteiger charge is -2.10. The Balaban J connectivity index is 1.84. The van der Waals surface area contributed by atoms with Crippen LogP contribution in [0.1, 0.15) is 15.9 Å². The molecule has 3 aromatic rings. The molecule has 0 radical (unpaired) electrons. The number of nitrogens with zero attached hydrogens (tertiary/aromatic N) is 1. The summed E-state index contributed by atoms with van der Waals surface area (Å²) in [5.74, 6) is 0.469. The molecule has 0 unspecified atom stereocenters. The van der Waals surface area contributed by atoms with Crippen molar-refractivity contribution in [3.05, 3.63) is 88.0 Å². The molecule has 6 heteroatoms. The predicted molar refractivity (Wildman–Crippen MR) is 98.2 cm³/mol. The Morgan fingerprint density at radius 2 is 1.65 bits per heavy atom. The first-order valence-electron chi connectivity index (χ1n) is 7.96. The fraction of sp³-hybridized carbons (Fsp3) is 0.0500. The number of ketones is 1. The Labute approximate surface area is 153 Å². The number of nitro groups is 1. The molecule has 0 spiro atoms. The molecule has 0 atom stereocenters. The largest absolute Gasteiger partial charge is 0.456 e. The van der Waals surface area contributed by atoms with Crippen LogP contribution in [0.2, 0.25) is 0 Å². The second-order valence-electron chi connectivity index (χ2n) is 5.80. The Hall–Kier alpha value is -3.12. The van der Waals surface area contributed by atoms with Gasteiger partial charge >= 0.3 is 0 Å². The van der Waals surface area contributed by atoms with E-state index in [-0.39, 0.29) is 29.2 Å². The number of carbonyl (C=O) groups excluding carboxylic acids is 1. The van der Waals surface area contributed by atoms with Crippen LogP contribution in [0, 0.1) is 10.1 Å². The molecular weight excluding hydrogens is 350 g/mol. The summed E-state index contributed by atoms with van der Waals surface area (Å²) in [4.78, 5) is 25.3. The normalized spacial score (nSPS) is 12.5. The number of ether oxygens (including phenoxy) is 1. The maximum atomic E-state index is 12.7. The van der Waals surface area contributed by atoms with Gasteiger partial charge in [0, 0.05) is 27.8 Å². The molecule has 4 rings (SSSR count). The molecular formula is C20H13NO4S. The molecule has 0 fully saturated rings. The fourth-order valence-electron chi connectivity index (χ4n) is 2.89. The van der Waals surface area contributed by atoms with Crippen molar-refractivity contribution in [3.63, 3.8) is 0 Å². The van der Waals surface area contributed by atoms with E-state index in [0.717, 1.165) is 10.5 Å². The maximum absolute atomic E-state index is 12.7. The van der Waals surface area contributed by atoms with E-state index in [1.165, 1.54) is 17.8 Å². The highest BCUT2D eigenvalue weighted by atomic mass is 32.2. The zero-order valence-corrected chi connectivity index (χ0v) is 14.4. The van der Waals surface area contributed by atoms with Gasteiger partial charge in [-0.25, -0.2) is 0 Å². The molecule has 1 aliphatic rings. The molecule has 0 amide bonds. The average Bonchev–Trinajstić information content (AvgIpc) is 2.77. The number of nitro benzene ring substituents is 1. The van der Waals surface area contributed by atoms with E-state index in [4.69, 9.17) is 4.74 Å². The summed E-state index contributed by atoms with van der Waals surface area (Å²) in [6.07, 6.45) is 0.0786. The summed E-state index contributed by atoms with van der Waals surface area (Å²) in [5.41, 5.74) is 0.530. The first-order valence-corrected chi connectivity index (χ1v) is 8.78. The van der Waals surface area contributed by atoms with Gasteiger partial charge in [0.05, 0.1) is 4.92 Å². The second kappa shape index (κ2) is 6.65. The average molecular weight is 363 g/mol. The molecule has 0 aromatic heterocycles. The lowest BCUT2D eigenvalue weighted by atomic mass is 10.0. The van der Waals surface area contributed by atoms with Gasteiger partial charge in [-0.3, -0.25) is 14.9 Å². The molecule has 0 saturated heterocycles. The van der Waals surface area contributed by atoms with Gasteiger partial charge in [-0.05, 0) is 24.3 Å². The summed E-state index contributed by atoms with van der Waals surface area (Å²) in [5, 5.41) is 11.6. The summed E-state index contributed by atoms with van der Waals surface area (Å²) in [7, 11) is 0. The van der Waals surface area contributed by atoms with Gasteiger partial charge in [0.25, 0.3) is 5.69 Å². The quantitative estimate of drug-likeness (QED) is 0.468. The number of hydrogen-bond donors (Lipinski definition) is 0. The van der Waals surface area contributed by atoms with E-state index < -0.39 is 4.92 Å². The van der Waals surface area contributed by atoms with Crippen LogP contribution in [-0.4, -0.2) is 10.7 Å². The highest BCUT2D eigenvalue weighted by Gasteiger charge is 2.30. The Morgan fingerprint density at radius 3 is 2.42 bits per heavy atom. The number of rotatable bonds is 3. The summed E-state index contributed by atoms with van der Waals surface area (Å²) >= 11 is 1.39. The van der Waals surface area contributed by atoms with Gasteiger partial charge < -0.3 is 4.74 Å². The van der Waals surface area contributed by atoms with E-state index in [9.17, 15) is 14.9 Å². The first-order chi connectivity index (χ1) is 12.6. The van der Waals surface area contributed by atoms with Crippen molar-refractivity contribution < 1.29 is 14.5 Å². The third-order valence-corrected chi connectivity index (χ3v) is 5.03. The van der Waals surface area contributed by atoms with Gasteiger partial charge in [0.2, 0.25) is 0 Å². The zero-order chi connectivity index (χ0) is 18.1. The molecule has 1 heterocycles. The second-order valence-corrected chi connectivity index (χ2v) is 6.94. The Morgan fingerprint density at radius 1 is 0.923 bits per heavy atom. The van der Waals surface area contributed by atoms with E-state index in [2.05, 4.69) is 0 Å². The Bertz CT molecular complexity index is 1020. The summed E-state index contributed by atoms with van der Waals surface area (Å²) in [6, 6.07) is 19.9.